The van der Waals surface area contributed by atoms with Crippen LogP contribution in [-0.2, 0) is 11.3 Å². The van der Waals surface area contributed by atoms with E-state index in [-0.39, 0.29) is 12.5 Å². The van der Waals surface area contributed by atoms with E-state index >= 15 is 0 Å². The number of aliphatic imine (C=N–C) groups is 1. The average molecular weight is 318 g/mol. The lowest BCUT2D eigenvalue weighted by Gasteiger charge is -2.14. The van der Waals surface area contributed by atoms with Crippen molar-refractivity contribution >= 4 is 11.9 Å². The number of likely N-dealkylation sites (N-methyl/N-ethyl adjacent to an activating group) is 1. The molecule has 126 valence electrons. The predicted octanol–water partition coefficient (Wildman–Crippen LogP) is 1.39. The van der Waals surface area contributed by atoms with Crippen molar-refractivity contribution in [3.05, 3.63) is 42.5 Å². The third-order valence-corrected chi connectivity index (χ3v) is 2.99. The highest BCUT2D eigenvalue weighted by atomic mass is 16.5. The van der Waals surface area contributed by atoms with Crippen LogP contribution in [0, 0.1) is 0 Å². The van der Waals surface area contributed by atoms with Crippen LogP contribution in [0.2, 0.25) is 0 Å². The Hall–Kier alpha value is -2.50. The van der Waals surface area contributed by atoms with Gasteiger partial charge < -0.3 is 20.3 Å². The lowest BCUT2D eigenvalue weighted by atomic mass is 10.2. The van der Waals surface area contributed by atoms with E-state index in [1.807, 2.05) is 31.2 Å². The van der Waals surface area contributed by atoms with E-state index in [0.29, 0.717) is 19.1 Å². The molecule has 1 rings (SSSR count). The number of nitrogens with one attached hydrogen (secondary N) is 2. The molecule has 23 heavy (non-hydrogen) atoms. The smallest absolute Gasteiger partial charge is 0.241 e. The number of para-hydroxylation sites is 1. The van der Waals surface area contributed by atoms with Crippen molar-refractivity contribution in [1.82, 2.24) is 15.5 Å². The van der Waals surface area contributed by atoms with Crippen molar-refractivity contribution in [2.45, 2.75) is 13.5 Å². The molecule has 2 N–H and O–H groups in total. The number of benzene rings is 1. The number of nitrogens with zero attached hydrogens (tertiary/aromatic N) is 2. The van der Waals surface area contributed by atoms with Gasteiger partial charge in [-0.25, -0.2) is 4.99 Å². The molecule has 0 aliphatic rings. The minimum atomic E-state index is -0.00896. The summed E-state index contributed by atoms with van der Waals surface area (Å²) in [5, 5.41) is 6.15. The average Bonchev–Trinajstić information content (AvgIpc) is 2.55. The topological polar surface area (TPSA) is 66.0 Å². The fraction of sp³-hybridized carbons (Fsp3) is 0.412. The van der Waals surface area contributed by atoms with Gasteiger partial charge >= 0.3 is 0 Å². The summed E-state index contributed by atoms with van der Waals surface area (Å²) in [5.41, 5.74) is 0.977. The lowest BCUT2D eigenvalue weighted by Crippen LogP contribution is -2.42. The van der Waals surface area contributed by atoms with Crippen LogP contribution in [0.3, 0.4) is 0 Å². The maximum atomic E-state index is 11.6. The molecule has 0 saturated carbocycles. The molecule has 0 heterocycles. The Morgan fingerprint density at radius 3 is 2.74 bits per heavy atom. The number of hydrogen-bond donors (Lipinski definition) is 2. The van der Waals surface area contributed by atoms with Gasteiger partial charge in [0, 0.05) is 26.2 Å². The van der Waals surface area contributed by atoms with E-state index in [2.05, 4.69) is 22.2 Å². The summed E-state index contributed by atoms with van der Waals surface area (Å²) in [7, 11) is 3.45. The Kier molecular flexibility index (Phi) is 8.28. The molecule has 6 nitrogen and oxygen atoms in total. The molecule has 1 aromatic rings. The molecule has 0 unspecified atom stereocenters. The van der Waals surface area contributed by atoms with Gasteiger partial charge in [-0.1, -0.05) is 30.9 Å². The molecular weight excluding hydrogens is 292 g/mol. The Morgan fingerprint density at radius 1 is 1.35 bits per heavy atom. The summed E-state index contributed by atoms with van der Waals surface area (Å²) in [6.07, 6.45) is 1.71. The first-order valence-corrected chi connectivity index (χ1v) is 7.62. The van der Waals surface area contributed by atoms with Crippen LogP contribution in [0.15, 0.2) is 41.9 Å². The number of ether oxygens (including phenoxy) is 1. The Bertz CT molecular complexity index is 541. The van der Waals surface area contributed by atoms with Crippen LogP contribution in [0.1, 0.15) is 12.5 Å². The number of rotatable bonds is 8. The minimum absolute atomic E-state index is 0.00896. The van der Waals surface area contributed by atoms with Gasteiger partial charge in [0.15, 0.2) is 5.96 Å². The number of amides is 1. The van der Waals surface area contributed by atoms with Gasteiger partial charge in [0.1, 0.15) is 12.4 Å². The summed E-state index contributed by atoms with van der Waals surface area (Å²) in [4.78, 5) is 17.7. The molecule has 0 fully saturated rings. The standard InChI is InChI=1S/C17H26N4O2/c1-5-11-23-15-10-8-7-9-14(15)12-19-17(18-6-2)20-13-16(22)21(3)4/h5,7-10H,1,6,11-13H2,2-4H3,(H2,18,19,20). The maximum absolute atomic E-state index is 11.6. The van der Waals surface area contributed by atoms with Crippen molar-refractivity contribution < 1.29 is 9.53 Å². The summed E-state index contributed by atoms with van der Waals surface area (Å²) >= 11 is 0. The molecule has 0 aliphatic carbocycles. The molecular formula is C17H26N4O2. The number of carbonyl (C=O) groups excluding carboxylic acids is 1. The first-order valence-electron chi connectivity index (χ1n) is 7.62. The summed E-state index contributed by atoms with van der Waals surface area (Å²) in [6.45, 7) is 7.46. The molecule has 0 saturated heterocycles. The largest absolute Gasteiger partial charge is 0.489 e. The summed E-state index contributed by atoms with van der Waals surface area (Å²) in [5.74, 6) is 1.38. The van der Waals surface area contributed by atoms with E-state index in [9.17, 15) is 4.79 Å². The van der Waals surface area contributed by atoms with E-state index in [1.165, 1.54) is 4.90 Å². The molecule has 0 aromatic heterocycles. The maximum Gasteiger partial charge on any atom is 0.241 e. The van der Waals surface area contributed by atoms with Gasteiger partial charge in [-0.05, 0) is 13.0 Å². The van der Waals surface area contributed by atoms with Crippen molar-refractivity contribution in [2.75, 3.05) is 33.8 Å². The SMILES string of the molecule is C=CCOc1ccccc1CN=C(NCC)NCC(=O)N(C)C. The van der Waals surface area contributed by atoms with E-state index in [0.717, 1.165) is 17.9 Å². The highest BCUT2D eigenvalue weighted by Gasteiger charge is 2.06. The molecule has 0 spiro atoms. The first kappa shape index (κ1) is 18.5. The van der Waals surface area contributed by atoms with E-state index in [4.69, 9.17) is 4.74 Å². The van der Waals surface area contributed by atoms with Gasteiger partial charge in [-0.15, -0.1) is 0 Å². The Morgan fingerprint density at radius 2 is 2.09 bits per heavy atom. The van der Waals surface area contributed by atoms with Crippen molar-refractivity contribution in [2.24, 2.45) is 4.99 Å². The normalized spacial score (nSPS) is 10.8. The summed E-state index contributed by atoms with van der Waals surface area (Å²) in [6, 6.07) is 7.74. The molecule has 6 heteroatoms. The highest BCUT2D eigenvalue weighted by molar-refractivity contribution is 5.86. The fourth-order valence-electron chi connectivity index (χ4n) is 1.75. The van der Waals surface area contributed by atoms with Gasteiger partial charge in [-0.2, -0.15) is 0 Å². The lowest BCUT2D eigenvalue weighted by molar-refractivity contribution is -0.127. The molecule has 1 amide bonds. The van der Waals surface area contributed by atoms with Crippen LogP contribution >= 0.6 is 0 Å². The van der Waals surface area contributed by atoms with Crippen molar-refractivity contribution in [3.63, 3.8) is 0 Å². The van der Waals surface area contributed by atoms with Crippen LogP contribution < -0.4 is 15.4 Å². The monoisotopic (exact) mass is 318 g/mol. The quantitative estimate of drug-likeness (QED) is 0.432. The van der Waals surface area contributed by atoms with Crippen LogP contribution in [0.25, 0.3) is 0 Å². The Balaban J connectivity index is 2.73. The highest BCUT2D eigenvalue weighted by Crippen LogP contribution is 2.18. The molecule has 0 bridgehead atoms. The number of carbonyl (C=O) groups is 1. The Labute approximate surface area is 138 Å². The van der Waals surface area contributed by atoms with Crippen LogP contribution in [0.4, 0.5) is 0 Å². The van der Waals surface area contributed by atoms with Crippen LogP contribution in [-0.4, -0.2) is 50.6 Å². The minimum Gasteiger partial charge on any atom is -0.489 e. The van der Waals surface area contributed by atoms with Crippen molar-refractivity contribution in [3.8, 4) is 5.75 Å². The molecule has 0 aliphatic heterocycles. The van der Waals surface area contributed by atoms with Gasteiger partial charge in [-0.3, -0.25) is 4.79 Å². The molecule has 1 aromatic carbocycles. The van der Waals surface area contributed by atoms with E-state index in [1.54, 1.807) is 20.2 Å². The molecule has 0 atom stereocenters. The second kappa shape index (κ2) is 10.3. The van der Waals surface area contributed by atoms with Crippen LogP contribution in [0.5, 0.6) is 5.75 Å². The third-order valence-electron chi connectivity index (χ3n) is 2.99. The zero-order valence-corrected chi connectivity index (χ0v) is 14.1. The predicted molar refractivity (Wildman–Crippen MR) is 93.6 cm³/mol. The number of hydrogen-bond acceptors (Lipinski definition) is 3. The zero-order chi connectivity index (χ0) is 17.1. The zero-order valence-electron chi connectivity index (χ0n) is 14.1. The summed E-state index contributed by atoms with van der Waals surface area (Å²) < 4.78 is 5.62. The van der Waals surface area contributed by atoms with E-state index < -0.39 is 0 Å². The first-order chi connectivity index (χ1) is 11.1. The number of guanidine groups is 1. The fourth-order valence-corrected chi connectivity index (χ4v) is 1.75. The second-order valence-electron chi connectivity index (χ2n) is 5.04. The van der Waals surface area contributed by atoms with Gasteiger partial charge in [0.2, 0.25) is 5.91 Å². The second-order valence-corrected chi connectivity index (χ2v) is 5.04. The molecule has 0 radical (unpaired) electrons. The van der Waals surface area contributed by atoms with Crippen molar-refractivity contribution in [1.29, 1.82) is 0 Å². The third kappa shape index (κ3) is 6.86. The van der Waals surface area contributed by atoms with Gasteiger partial charge in [0.25, 0.3) is 0 Å². The van der Waals surface area contributed by atoms with Gasteiger partial charge in [0.05, 0.1) is 13.1 Å².